The van der Waals surface area contributed by atoms with Gasteiger partial charge in [-0.2, -0.15) is 0 Å². The molecule has 2 unspecified atom stereocenters. The van der Waals surface area contributed by atoms with Gasteiger partial charge in [0, 0.05) is 5.56 Å². The topological polar surface area (TPSA) is 43.1 Å². The summed E-state index contributed by atoms with van der Waals surface area (Å²) < 4.78 is 28.7. The number of benzene rings is 1. The Kier molecular flexibility index (Phi) is 3.22. The van der Waals surface area contributed by atoms with Crippen molar-refractivity contribution < 1.29 is 13.6 Å². The molecule has 2 nitrogen and oxygen atoms in total. The Hall–Kier alpha value is -2.41. The van der Waals surface area contributed by atoms with Crippen LogP contribution in [0.5, 0.6) is 0 Å². The summed E-state index contributed by atoms with van der Waals surface area (Å²) in [6.45, 7) is 0. The number of terminal acetylenes is 1. The number of carbonyl (C=O) groups excluding carboxylic acids is 1. The molecule has 96 valence electrons. The maximum absolute atomic E-state index is 15.0. The SMILES string of the molecule is C#Cc1cccc(C2(F)C=CC=C(F)C2C(N)=O)c1. The van der Waals surface area contributed by atoms with Crippen molar-refractivity contribution in [2.75, 3.05) is 0 Å². The van der Waals surface area contributed by atoms with Crippen LogP contribution in [-0.4, -0.2) is 5.91 Å². The van der Waals surface area contributed by atoms with Crippen LogP contribution < -0.4 is 5.73 Å². The summed E-state index contributed by atoms with van der Waals surface area (Å²) in [5, 5.41) is 0. The van der Waals surface area contributed by atoms with Gasteiger partial charge in [0.1, 0.15) is 11.7 Å². The summed E-state index contributed by atoms with van der Waals surface area (Å²) in [4.78, 5) is 11.3. The normalized spacial score (nSPS) is 25.5. The zero-order valence-corrected chi connectivity index (χ0v) is 9.94. The van der Waals surface area contributed by atoms with Gasteiger partial charge in [0.2, 0.25) is 5.91 Å². The molecule has 1 aromatic rings. The molecule has 0 fully saturated rings. The number of primary amides is 1. The van der Waals surface area contributed by atoms with Gasteiger partial charge < -0.3 is 5.73 Å². The highest BCUT2D eigenvalue weighted by Gasteiger charge is 2.46. The molecule has 2 atom stereocenters. The van der Waals surface area contributed by atoms with Crippen LogP contribution in [0.2, 0.25) is 0 Å². The second kappa shape index (κ2) is 4.69. The highest BCUT2D eigenvalue weighted by atomic mass is 19.2. The quantitative estimate of drug-likeness (QED) is 0.814. The van der Waals surface area contributed by atoms with Gasteiger partial charge in [-0.3, -0.25) is 4.79 Å². The number of carbonyl (C=O) groups is 1. The Labute approximate surface area is 109 Å². The van der Waals surface area contributed by atoms with Crippen molar-refractivity contribution in [3.05, 3.63) is 59.4 Å². The molecule has 0 heterocycles. The first-order valence-corrected chi connectivity index (χ1v) is 5.59. The van der Waals surface area contributed by atoms with E-state index in [4.69, 9.17) is 12.2 Å². The standard InChI is InChI=1S/C15H11F2NO/c1-2-10-5-3-6-11(9-10)15(17)8-4-7-12(16)13(15)14(18)19/h1,3-9,13H,(H2,18,19). The second-order valence-corrected chi connectivity index (χ2v) is 4.24. The van der Waals surface area contributed by atoms with Crippen LogP contribution in [0.1, 0.15) is 11.1 Å². The monoisotopic (exact) mass is 259 g/mol. The lowest BCUT2D eigenvalue weighted by Crippen LogP contribution is -2.40. The van der Waals surface area contributed by atoms with Crippen LogP contribution >= 0.6 is 0 Å². The smallest absolute Gasteiger partial charge is 0.231 e. The van der Waals surface area contributed by atoms with Gasteiger partial charge in [0.25, 0.3) is 0 Å². The molecular formula is C15H11F2NO. The molecular weight excluding hydrogens is 248 g/mol. The molecule has 2 N–H and O–H groups in total. The number of hydrogen-bond acceptors (Lipinski definition) is 1. The zero-order chi connectivity index (χ0) is 14.0. The molecule has 4 heteroatoms. The first-order chi connectivity index (χ1) is 8.99. The largest absolute Gasteiger partial charge is 0.369 e. The summed E-state index contributed by atoms with van der Waals surface area (Å²) in [7, 11) is 0. The van der Waals surface area contributed by atoms with Gasteiger partial charge >= 0.3 is 0 Å². The van der Waals surface area contributed by atoms with Crippen LogP contribution in [0, 0.1) is 18.3 Å². The van der Waals surface area contributed by atoms with Crippen molar-refractivity contribution in [2.24, 2.45) is 11.7 Å². The lowest BCUT2D eigenvalue weighted by atomic mass is 9.78. The second-order valence-electron chi connectivity index (χ2n) is 4.24. The molecule has 0 aliphatic heterocycles. The van der Waals surface area contributed by atoms with Gasteiger partial charge in [0.05, 0.1) is 0 Å². The van der Waals surface area contributed by atoms with E-state index >= 15 is 4.39 Å². The Bertz CT molecular complexity index is 627. The molecule has 1 aromatic carbocycles. The summed E-state index contributed by atoms with van der Waals surface area (Å²) in [6, 6.07) is 6.01. The molecule has 19 heavy (non-hydrogen) atoms. The van der Waals surface area contributed by atoms with E-state index in [1.54, 1.807) is 12.1 Å². The highest BCUT2D eigenvalue weighted by molar-refractivity contribution is 5.82. The Morgan fingerprint density at radius 3 is 2.84 bits per heavy atom. The lowest BCUT2D eigenvalue weighted by Gasteiger charge is -2.30. The molecule has 0 radical (unpaired) electrons. The van der Waals surface area contributed by atoms with E-state index in [2.05, 4.69) is 5.92 Å². The van der Waals surface area contributed by atoms with Crippen molar-refractivity contribution in [3.8, 4) is 12.3 Å². The fraction of sp³-hybridized carbons (Fsp3) is 0.133. The molecule has 2 rings (SSSR count). The molecule has 1 aliphatic carbocycles. The lowest BCUT2D eigenvalue weighted by molar-refractivity contribution is -0.124. The number of halogens is 2. The molecule has 0 saturated heterocycles. The van der Waals surface area contributed by atoms with Gasteiger partial charge in [-0.15, -0.1) is 6.42 Å². The van der Waals surface area contributed by atoms with E-state index in [-0.39, 0.29) is 5.56 Å². The van der Waals surface area contributed by atoms with E-state index in [0.29, 0.717) is 5.56 Å². The fourth-order valence-corrected chi connectivity index (χ4v) is 2.13. The molecule has 0 saturated carbocycles. The van der Waals surface area contributed by atoms with E-state index in [0.717, 1.165) is 12.2 Å². The zero-order valence-electron chi connectivity index (χ0n) is 9.94. The van der Waals surface area contributed by atoms with Crippen molar-refractivity contribution >= 4 is 5.91 Å². The van der Waals surface area contributed by atoms with Crippen molar-refractivity contribution in [1.29, 1.82) is 0 Å². The minimum absolute atomic E-state index is 0.103. The molecule has 1 amide bonds. The van der Waals surface area contributed by atoms with E-state index in [1.807, 2.05) is 0 Å². The molecule has 0 aromatic heterocycles. The van der Waals surface area contributed by atoms with Crippen molar-refractivity contribution in [2.45, 2.75) is 5.67 Å². The number of rotatable bonds is 2. The Morgan fingerprint density at radius 1 is 1.47 bits per heavy atom. The third kappa shape index (κ3) is 2.15. The van der Waals surface area contributed by atoms with Gasteiger partial charge in [0.15, 0.2) is 5.67 Å². The van der Waals surface area contributed by atoms with Gasteiger partial charge in [-0.1, -0.05) is 24.1 Å². The van der Waals surface area contributed by atoms with Crippen molar-refractivity contribution in [1.82, 2.24) is 0 Å². The average molecular weight is 259 g/mol. The van der Waals surface area contributed by atoms with Crippen LogP contribution in [0.3, 0.4) is 0 Å². The number of amides is 1. The van der Waals surface area contributed by atoms with Crippen molar-refractivity contribution in [3.63, 3.8) is 0 Å². The maximum Gasteiger partial charge on any atom is 0.231 e. The van der Waals surface area contributed by atoms with E-state index in [9.17, 15) is 9.18 Å². The summed E-state index contributed by atoms with van der Waals surface area (Å²) >= 11 is 0. The van der Waals surface area contributed by atoms with Crippen LogP contribution in [0.15, 0.2) is 48.3 Å². The molecule has 0 spiro atoms. The first kappa shape index (κ1) is 13.0. The predicted octanol–water partition coefficient (Wildman–Crippen LogP) is 2.36. The predicted molar refractivity (Wildman–Crippen MR) is 68.2 cm³/mol. The average Bonchev–Trinajstić information content (AvgIpc) is 2.38. The summed E-state index contributed by atoms with van der Waals surface area (Å²) in [5.74, 6) is -1.27. The summed E-state index contributed by atoms with van der Waals surface area (Å²) in [6.07, 6.45) is 8.60. The van der Waals surface area contributed by atoms with E-state index in [1.165, 1.54) is 18.2 Å². The fourth-order valence-electron chi connectivity index (χ4n) is 2.13. The highest BCUT2D eigenvalue weighted by Crippen LogP contribution is 2.42. The molecule has 0 bridgehead atoms. The van der Waals surface area contributed by atoms with Gasteiger partial charge in [-0.05, 0) is 29.8 Å². The number of allylic oxidation sites excluding steroid dienone is 3. The number of alkyl halides is 1. The summed E-state index contributed by atoms with van der Waals surface area (Å²) in [5.41, 5.74) is 3.33. The van der Waals surface area contributed by atoms with Crippen LogP contribution in [0.25, 0.3) is 0 Å². The minimum atomic E-state index is -2.32. The van der Waals surface area contributed by atoms with Gasteiger partial charge in [-0.25, -0.2) is 8.78 Å². The maximum atomic E-state index is 15.0. The minimum Gasteiger partial charge on any atom is -0.369 e. The Balaban J connectivity index is 2.57. The Morgan fingerprint density at radius 2 is 2.21 bits per heavy atom. The van der Waals surface area contributed by atoms with Crippen LogP contribution in [0.4, 0.5) is 8.78 Å². The first-order valence-electron chi connectivity index (χ1n) is 5.59. The third-order valence-electron chi connectivity index (χ3n) is 3.05. The number of nitrogens with two attached hydrogens (primary N) is 1. The van der Waals surface area contributed by atoms with Crippen LogP contribution in [-0.2, 0) is 10.5 Å². The molecule has 1 aliphatic rings. The third-order valence-corrected chi connectivity index (χ3v) is 3.05. The number of hydrogen-bond donors (Lipinski definition) is 1. The van der Waals surface area contributed by atoms with E-state index < -0.39 is 23.3 Å².